The summed E-state index contributed by atoms with van der Waals surface area (Å²) in [6.07, 6.45) is 0.845. The summed E-state index contributed by atoms with van der Waals surface area (Å²) in [7, 11) is -3.80. The van der Waals surface area contributed by atoms with E-state index in [1.54, 1.807) is 24.3 Å². The van der Waals surface area contributed by atoms with Crippen LogP contribution in [0.4, 0.5) is 5.69 Å². The van der Waals surface area contributed by atoms with E-state index in [0.717, 1.165) is 24.5 Å². The van der Waals surface area contributed by atoms with Crippen LogP contribution < -0.4 is 0 Å². The maximum atomic E-state index is 12.0. The first kappa shape index (κ1) is 18.1. The topological polar surface area (TPSA) is 127 Å². The van der Waals surface area contributed by atoms with Crippen LogP contribution in [0.3, 0.4) is 0 Å². The number of rotatable bonds is 5. The minimum absolute atomic E-state index is 0.0911. The molecule has 0 aliphatic rings. The maximum absolute atomic E-state index is 12.0. The van der Waals surface area contributed by atoms with E-state index in [0.29, 0.717) is 11.1 Å². The number of hydrogen-bond acceptors (Lipinski definition) is 7. The van der Waals surface area contributed by atoms with E-state index in [1.165, 1.54) is 0 Å². The van der Waals surface area contributed by atoms with Gasteiger partial charge >= 0.3 is 5.97 Å². The Morgan fingerprint density at radius 3 is 2.40 bits per heavy atom. The van der Waals surface area contributed by atoms with Crippen LogP contribution in [0.15, 0.2) is 47.4 Å². The highest BCUT2D eigenvalue weighted by atomic mass is 32.2. The zero-order valence-electron chi connectivity index (χ0n) is 13.0. The van der Waals surface area contributed by atoms with Crippen molar-refractivity contribution < 1.29 is 22.9 Å². The van der Waals surface area contributed by atoms with Gasteiger partial charge < -0.3 is 4.74 Å². The zero-order valence-corrected chi connectivity index (χ0v) is 13.8. The van der Waals surface area contributed by atoms with Gasteiger partial charge in [0.15, 0.2) is 9.84 Å². The highest BCUT2D eigenvalue weighted by Gasteiger charge is 2.24. The van der Waals surface area contributed by atoms with Crippen molar-refractivity contribution in [2.45, 2.75) is 11.5 Å². The van der Waals surface area contributed by atoms with Crippen LogP contribution in [0, 0.1) is 21.4 Å². The van der Waals surface area contributed by atoms with E-state index in [-0.39, 0.29) is 12.2 Å². The Kier molecular flexibility index (Phi) is 5.14. The normalized spacial score (nSPS) is 10.7. The van der Waals surface area contributed by atoms with Gasteiger partial charge in [-0.05, 0) is 29.8 Å². The van der Waals surface area contributed by atoms with Crippen LogP contribution in [-0.2, 0) is 21.2 Å². The average Bonchev–Trinajstić information content (AvgIpc) is 2.58. The van der Waals surface area contributed by atoms with Crippen LogP contribution in [0.5, 0.6) is 0 Å². The summed E-state index contributed by atoms with van der Waals surface area (Å²) in [4.78, 5) is 21.7. The lowest BCUT2D eigenvalue weighted by atomic mass is 10.1. The number of nitro benzene ring substituents is 1. The van der Waals surface area contributed by atoms with Crippen molar-refractivity contribution in [3.05, 3.63) is 69.3 Å². The van der Waals surface area contributed by atoms with Gasteiger partial charge in [0.25, 0.3) is 5.69 Å². The number of sulfone groups is 1. The van der Waals surface area contributed by atoms with E-state index in [2.05, 4.69) is 0 Å². The molecule has 2 rings (SSSR count). The Morgan fingerprint density at radius 1 is 1.24 bits per heavy atom. The summed E-state index contributed by atoms with van der Waals surface area (Å²) in [5.41, 5.74) is 0.278. The molecule has 0 aliphatic carbocycles. The molecular formula is C16H12N2O6S. The van der Waals surface area contributed by atoms with E-state index >= 15 is 0 Å². The minimum Gasteiger partial charge on any atom is -0.457 e. The van der Waals surface area contributed by atoms with Gasteiger partial charge in [0.1, 0.15) is 11.5 Å². The van der Waals surface area contributed by atoms with E-state index in [4.69, 9.17) is 10.00 Å². The molecular weight excluding hydrogens is 348 g/mol. The second kappa shape index (κ2) is 7.11. The Labute approximate surface area is 143 Å². The number of carbonyl (C=O) groups excluding carboxylic acids is 1. The molecule has 0 atom stereocenters. The molecule has 2 aromatic rings. The predicted molar refractivity (Wildman–Crippen MR) is 86.5 cm³/mol. The molecule has 0 saturated carbocycles. The summed E-state index contributed by atoms with van der Waals surface area (Å²) in [5.74, 6) is -0.826. The molecule has 128 valence electrons. The second-order valence-electron chi connectivity index (χ2n) is 5.10. The maximum Gasteiger partial charge on any atom is 0.338 e. The molecule has 0 fully saturated rings. The van der Waals surface area contributed by atoms with Gasteiger partial charge in [-0.2, -0.15) is 5.26 Å². The third-order valence-electron chi connectivity index (χ3n) is 3.24. The fraction of sp³-hybridized carbons (Fsp3) is 0.125. The lowest BCUT2D eigenvalue weighted by molar-refractivity contribution is -0.387. The number of benzene rings is 2. The number of nitro groups is 1. The lowest BCUT2D eigenvalue weighted by Gasteiger charge is -2.06. The molecule has 8 nitrogen and oxygen atoms in total. The van der Waals surface area contributed by atoms with Crippen molar-refractivity contribution in [1.82, 2.24) is 0 Å². The van der Waals surface area contributed by atoms with Gasteiger partial charge in [-0.3, -0.25) is 10.1 Å². The zero-order chi connectivity index (χ0) is 18.6. The third-order valence-corrected chi connectivity index (χ3v) is 4.39. The van der Waals surface area contributed by atoms with E-state index in [9.17, 15) is 23.3 Å². The van der Waals surface area contributed by atoms with Crippen molar-refractivity contribution in [2.75, 3.05) is 6.26 Å². The third kappa shape index (κ3) is 4.39. The SMILES string of the molecule is CS(=O)(=O)c1ccc(C(=O)OCc2ccc(C#N)cc2)cc1[N+](=O)[O-]. The van der Waals surface area contributed by atoms with Crippen LogP contribution in [0.25, 0.3) is 0 Å². The molecule has 0 unspecified atom stereocenters. The summed E-state index contributed by atoms with van der Waals surface area (Å²) in [6.45, 7) is -0.0911. The van der Waals surface area contributed by atoms with Gasteiger partial charge in [-0.1, -0.05) is 12.1 Å². The van der Waals surface area contributed by atoms with Crippen LogP contribution in [0.1, 0.15) is 21.5 Å². The molecule has 0 radical (unpaired) electrons. The highest BCUT2D eigenvalue weighted by molar-refractivity contribution is 7.90. The fourth-order valence-electron chi connectivity index (χ4n) is 2.01. The summed E-state index contributed by atoms with van der Waals surface area (Å²) >= 11 is 0. The van der Waals surface area contributed by atoms with Crippen molar-refractivity contribution in [3.8, 4) is 6.07 Å². The second-order valence-corrected chi connectivity index (χ2v) is 7.08. The first-order valence-corrected chi connectivity index (χ1v) is 8.76. The number of nitriles is 1. The van der Waals surface area contributed by atoms with Crippen molar-refractivity contribution in [1.29, 1.82) is 5.26 Å². The number of ether oxygens (including phenoxy) is 1. The van der Waals surface area contributed by atoms with Gasteiger partial charge in [-0.15, -0.1) is 0 Å². The molecule has 0 aromatic heterocycles. The molecule has 0 aliphatic heterocycles. The summed E-state index contributed by atoms with van der Waals surface area (Å²) in [6, 6.07) is 11.3. The Hall–Kier alpha value is -3.25. The Bertz CT molecular complexity index is 975. The molecule has 0 bridgehead atoms. The van der Waals surface area contributed by atoms with Gasteiger partial charge in [0, 0.05) is 12.3 Å². The van der Waals surface area contributed by atoms with Crippen molar-refractivity contribution in [3.63, 3.8) is 0 Å². The molecule has 0 N–H and O–H groups in total. The van der Waals surface area contributed by atoms with E-state index < -0.39 is 31.3 Å². The largest absolute Gasteiger partial charge is 0.457 e. The van der Waals surface area contributed by atoms with Gasteiger partial charge in [0.2, 0.25) is 0 Å². The molecule has 0 heterocycles. The Balaban J connectivity index is 2.20. The van der Waals surface area contributed by atoms with Crippen LogP contribution in [0.2, 0.25) is 0 Å². The fourth-order valence-corrected chi connectivity index (χ4v) is 2.84. The summed E-state index contributed by atoms with van der Waals surface area (Å²) in [5, 5.41) is 19.8. The molecule has 9 heteroatoms. The number of esters is 1. The van der Waals surface area contributed by atoms with Crippen LogP contribution in [-0.4, -0.2) is 25.6 Å². The van der Waals surface area contributed by atoms with E-state index in [1.807, 2.05) is 6.07 Å². The monoisotopic (exact) mass is 360 g/mol. The van der Waals surface area contributed by atoms with Crippen molar-refractivity contribution in [2.24, 2.45) is 0 Å². The van der Waals surface area contributed by atoms with Gasteiger partial charge in [0.05, 0.1) is 22.1 Å². The molecule has 0 spiro atoms. The number of nitrogens with zero attached hydrogens (tertiary/aromatic N) is 2. The summed E-state index contributed by atoms with van der Waals surface area (Å²) < 4.78 is 28.2. The smallest absolute Gasteiger partial charge is 0.338 e. The Morgan fingerprint density at radius 2 is 1.88 bits per heavy atom. The standard InChI is InChI=1S/C16H12N2O6S/c1-25(22,23)15-7-6-13(8-14(15)18(20)21)16(19)24-10-12-4-2-11(9-17)3-5-12/h2-8H,10H2,1H3. The quantitative estimate of drug-likeness (QED) is 0.454. The molecule has 0 saturated heterocycles. The minimum atomic E-state index is -3.80. The van der Waals surface area contributed by atoms with Gasteiger partial charge in [-0.25, -0.2) is 13.2 Å². The predicted octanol–water partition coefficient (Wildman–Crippen LogP) is 2.23. The lowest BCUT2D eigenvalue weighted by Crippen LogP contribution is -2.08. The first-order valence-electron chi connectivity index (χ1n) is 6.87. The van der Waals surface area contributed by atoms with Crippen LogP contribution >= 0.6 is 0 Å². The average molecular weight is 360 g/mol. The molecule has 25 heavy (non-hydrogen) atoms. The first-order chi connectivity index (χ1) is 11.7. The number of hydrogen-bond donors (Lipinski definition) is 0. The van der Waals surface area contributed by atoms with Crippen molar-refractivity contribution >= 4 is 21.5 Å². The highest BCUT2D eigenvalue weighted by Crippen LogP contribution is 2.25. The molecule has 0 amide bonds. The number of carbonyl (C=O) groups is 1. The molecule has 2 aromatic carbocycles.